The Balaban J connectivity index is 1.55. The monoisotopic (exact) mass is 414 g/mol. The molecule has 30 heavy (non-hydrogen) atoms. The molecule has 0 spiro atoms. The fourth-order valence-electron chi connectivity index (χ4n) is 3.69. The van der Waals surface area contributed by atoms with Crippen molar-refractivity contribution in [1.29, 1.82) is 0 Å². The van der Waals surface area contributed by atoms with Gasteiger partial charge in [0.2, 0.25) is 0 Å². The van der Waals surface area contributed by atoms with Gasteiger partial charge in [0.1, 0.15) is 11.2 Å². The van der Waals surface area contributed by atoms with Gasteiger partial charge in [0.25, 0.3) is 0 Å². The number of halogens is 3. The molecule has 6 nitrogen and oxygen atoms in total. The zero-order chi connectivity index (χ0) is 20.9. The average Bonchev–Trinajstić information content (AvgIpc) is 3.16. The van der Waals surface area contributed by atoms with Crippen LogP contribution >= 0.6 is 0 Å². The second-order valence-electron chi connectivity index (χ2n) is 7.21. The quantitative estimate of drug-likeness (QED) is 0.509. The highest BCUT2D eigenvalue weighted by Gasteiger charge is 2.31. The minimum Gasteiger partial charge on any atom is -0.422 e. The summed E-state index contributed by atoms with van der Waals surface area (Å²) < 4.78 is 45.6. The first-order valence-corrected chi connectivity index (χ1v) is 9.48. The first-order valence-electron chi connectivity index (χ1n) is 9.48. The van der Waals surface area contributed by atoms with Crippen LogP contribution in [0.25, 0.3) is 27.9 Å². The van der Waals surface area contributed by atoms with E-state index in [4.69, 9.17) is 4.42 Å². The van der Waals surface area contributed by atoms with Gasteiger partial charge in [-0.05, 0) is 30.3 Å². The van der Waals surface area contributed by atoms with Crippen LogP contribution in [0.5, 0.6) is 0 Å². The number of rotatable bonds is 2. The molecule has 0 radical (unpaired) electrons. The number of pyridine rings is 1. The molecule has 154 valence electrons. The maximum atomic E-state index is 12.9. The second kappa shape index (κ2) is 6.88. The van der Waals surface area contributed by atoms with E-state index in [9.17, 15) is 18.0 Å². The van der Waals surface area contributed by atoms with Crippen molar-refractivity contribution < 1.29 is 17.6 Å². The summed E-state index contributed by atoms with van der Waals surface area (Å²) in [6, 6.07) is 9.58. The molecule has 1 aromatic carbocycles. The second-order valence-corrected chi connectivity index (χ2v) is 7.21. The van der Waals surface area contributed by atoms with E-state index in [1.807, 2.05) is 18.2 Å². The first-order chi connectivity index (χ1) is 14.4. The number of aromatic nitrogens is 2. The van der Waals surface area contributed by atoms with Crippen molar-refractivity contribution in [3.05, 3.63) is 64.8 Å². The SMILES string of the molecule is O=c1oc2cc(N3CCNCC3)ccc2cc1-c1cn2cc(C(F)(F)F)ccc2n1. The molecule has 1 saturated heterocycles. The number of nitrogens with one attached hydrogen (secondary N) is 1. The molecule has 4 aromatic rings. The molecule has 1 aliphatic heterocycles. The van der Waals surface area contributed by atoms with E-state index in [1.54, 1.807) is 6.07 Å². The van der Waals surface area contributed by atoms with Crippen LogP contribution in [0.2, 0.25) is 0 Å². The van der Waals surface area contributed by atoms with Crippen LogP contribution in [0.1, 0.15) is 5.56 Å². The lowest BCUT2D eigenvalue weighted by molar-refractivity contribution is -0.137. The zero-order valence-corrected chi connectivity index (χ0v) is 15.7. The van der Waals surface area contributed by atoms with Gasteiger partial charge in [-0.2, -0.15) is 13.2 Å². The number of imidazole rings is 1. The van der Waals surface area contributed by atoms with E-state index in [-0.39, 0.29) is 11.3 Å². The lowest BCUT2D eigenvalue weighted by atomic mass is 10.1. The van der Waals surface area contributed by atoms with Crippen LogP contribution in [0.15, 0.2) is 58.0 Å². The molecule has 1 N–H and O–H groups in total. The van der Waals surface area contributed by atoms with E-state index in [0.29, 0.717) is 11.2 Å². The van der Waals surface area contributed by atoms with E-state index >= 15 is 0 Å². The average molecular weight is 414 g/mol. The third kappa shape index (κ3) is 3.30. The predicted molar refractivity (Wildman–Crippen MR) is 107 cm³/mol. The van der Waals surface area contributed by atoms with E-state index in [1.165, 1.54) is 16.7 Å². The van der Waals surface area contributed by atoms with Gasteiger partial charge in [0.15, 0.2) is 0 Å². The summed E-state index contributed by atoms with van der Waals surface area (Å²) >= 11 is 0. The molecule has 4 heterocycles. The molecule has 0 saturated carbocycles. The Morgan fingerprint density at radius 1 is 1.03 bits per heavy atom. The van der Waals surface area contributed by atoms with Crippen LogP contribution < -0.4 is 15.8 Å². The summed E-state index contributed by atoms with van der Waals surface area (Å²) in [6.07, 6.45) is -2.10. The zero-order valence-electron chi connectivity index (χ0n) is 15.7. The molecular weight excluding hydrogens is 397 g/mol. The Kier molecular flexibility index (Phi) is 4.28. The topological polar surface area (TPSA) is 62.8 Å². The standard InChI is InChI=1S/C21H17F3N4O2/c22-21(23,24)14-2-4-19-26-17(12-28(19)11-14)16-9-13-1-3-15(10-18(13)30-20(16)29)27-7-5-25-6-8-27/h1-4,9-12,25H,5-8H2. The minimum atomic E-state index is -4.46. The van der Waals surface area contributed by atoms with Gasteiger partial charge in [-0.25, -0.2) is 9.78 Å². The number of benzene rings is 1. The number of anilines is 1. The smallest absolute Gasteiger partial charge is 0.417 e. The number of hydrogen-bond donors (Lipinski definition) is 1. The molecule has 5 rings (SSSR count). The van der Waals surface area contributed by atoms with Crippen LogP contribution in [-0.2, 0) is 6.18 Å². The Labute approximate surface area is 168 Å². The predicted octanol–water partition coefficient (Wildman–Crippen LogP) is 3.54. The summed E-state index contributed by atoms with van der Waals surface area (Å²) in [7, 11) is 0. The molecular formula is C21H17F3N4O2. The van der Waals surface area contributed by atoms with Gasteiger partial charge in [0, 0.05) is 55.7 Å². The van der Waals surface area contributed by atoms with Gasteiger partial charge in [-0.3, -0.25) is 0 Å². The van der Waals surface area contributed by atoms with E-state index in [2.05, 4.69) is 15.2 Å². The van der Waals surface area contributed by atoms with Gasteiger partial charge < -0.3 is 19.0 Å². The number of piperazine rings is 1. The van der Waals surface area contributed by atoms with Crippen molar-refractivity contribution in [2.45, 2.75) is 6.18 Å². The fourth-order valence-corrected chi connectivity index (χ4v) is 3.69. The highest BCUT2D eigenvalue weighted by Crippen LogP contribution is 2.30. The summed E-state index contributed by atoms with van der Waals surface area (Å²) in [4.78, 5) is 19.1. The van der Waals surface area contributed by atoms with Gasteiger partial charge in [-0.1, -0.05) is 0 Å². The van der Waals surface area contributed by atoms with Gasteiger partial charge in [-0.15, -0.1) is 0 Å². The summed E-state index contributed by atoms with van der Waals surface area (Å²) in [5.41, 5.74) is 0.844. The molecule has 0 amide bonds. The number of hydrogen-bond acceptors (Lipinski definition) is 5. The lowest BCUT2D eigenvalue weighted by Crippen LogP contribution is -2.43. The van der Waals surface area contributed by atoms with Crippen LogP contribution in [0.4, 0.5) is 18.9 Å². The molecule has 9 heteroatoms. The lowest BCUT2D eigenvalue weighted by Gasteiger charge is -2.29. The normalized spacial score (nSPS) is 15.2. The first kappa shape index (κ1) is 18.7. The number of nitrogens with zero attached hydrogens (tertiary/aromatic N) is 3. The Morgan fingerprint density at radius 3 is 2.60 bits per heavy atom. The molecule has 0 bridgehead atoms. The van der Waals surface area contributed by atoms with Gasteiger partial charge >= 0.3 is 11.8 Å². The fraction of sp³-hybridized carbons (Fsp3) is 0.238. The van der Waals surface area contributed by atoms with E-state index < -0.39 is 17.4 Å². The van der Waals surface area contributed by atoms with Crippen LogP contribution in [0, 0.1) is 0 Å². The number of fused-ring (bicyclic) bond motifs is 2. The molecule has 0 atom stereocenters. The van der Waals surface area contributed by atoms with Crippen molar-refractivity contribution in [3.63, 3.8) is 0 Å². The summed E-state index contributed by atoms with van der Waals surface area (Å²) in [5, 5.41) is 4.01. The largest absolute Gasteiger partial charge is 0.422 e. The summed E-state index contributed by atoms with van der Waals surface area (Å²) in [6.45, 7) is 3.53. The third-order valence-electron chi connectivity index (χ3n) is 5.26. The number of alkyl halides is 3. The minimum absolute atomic E-state index is 0.203. The maximum Gasteiger partial charge on any atom is 0.417 e. The maximum absolute atomic E-state index is 12.9. The third-order valence-corrected chi connectivity index (χ3v) is 5.26. The van der Waals surface area contributed by atoms with Gasteiger partial charge in [0.05, 0.1) is 16.8 Å². The molecule has 1 aliphatic rings. The van der Waals surface area contributed by atoms with Crippen LogP contribution in [-0.4, -0.2) is 35.6 Å². The van der Waals surface area contributed by atoms with Crippen LogP contribution in [0.3, 0.4) is 0 Å². The Bertz CT molecular complexity index is 1300. The molecule has 1 fully saturated rings. The van der Waals surface area contributed by atoms with Crippen molar-refractivity contribution >= 4 is 22.3 Å². The van der Waals surface area contributed by atoms with E-state index in [0.717, 1.165) is 49.5 Å². The Hall–Kier alpha value is -3.33. The van der Waals surface area contributed by atoms with Crippen molar-refractivity contribution in [2.75, 3.05) is 31.1 Å². The summed E-state index contributed by atoms with van der Waals surface area (Å²) in [5.74, 6) is 0. The van der Waals surface area contributed by atoms with Crippen molar-refractivity contribution in [1.82, 2.24) is 14.7 Å². The highest BCUT2D eigenvalue weighted by molar-refractivity contribution is 5.84. The molecule has 0 unspecified atom stereocenters. The van der Waals surface area contributed by atoms with Crippen molar-refractivity contribution in [3.8, 4) is 11.3 Å². The van der Waals surface area contributed by atoms with Crippen molar-refractivity contribution in [2.24, 2.45) is 0 Å². The molecule has 0 aliphatic carbocycles. The highest BCUT2D eigenvalue weighted by atomic mass is 19.4. The molecule has 3 aromatic heterocycles. The Morgan fingerprint density at radius 2 is 1.83 bits per heavy atom.